The summed E-state index contributed by atoms with van der Waals surface area (Å²) in [6.45, 7) is -0.116. The third-order valence-corrected chi connectivity index (χ3v) is 5.33. The van der Waals surface area contributed by atoms with Gasteiger partial charge in [0.15, 0.2) is 16.4 Å². The summed E-state index contributed by atoms with van der Waals surface area (Å²) in [7, 11) is -1.39. The molecule has 0 spiro atoms. The Labute approximate surface area is 123 Å². The van der Waals surface area contributed by atoms with Crippen molar-refractivity contribution in [2.24, 2.45) is 0 Å². The highest BCUT2D eigenvalue weighted by Gasteiger charge is 2.32. The van der Waals surface area contributed by atoms with Gasteiger partial charge in [0.05, 0.1) is 11.5 Å². The molecule has 1 aliphatic rings. The molecular formula is C13H16ClNO4S. The Balaban J connectivity index is 1.87. The first kappa shape index (κ1) is 15.1. The van der Waals surface area contributed by atoms with Crippen LogP contribution < -0.4 is 4.74 Å². The van der Waals surface area contributed by atoms with E-state index in [1.807, 2.05) is 0 Å². The number of amides is 1. The fourth-order valence-corrected chi connectivity index (χ4v) is 3.96. The lowest BCUT2D eigenvalue weighted by molar-refractivity contribution is -0.133. The van der Waals surface area contributed by atoms with E-state index in [0.717, 1.165) is 0 Å². The van der Waals surface area contributed by atoms with Gasteiger partial charge in [0.25, 0.3) is 5.91 Å². The van der Waals surface area contributed by atoms with Crippen LogP contribution in [0, 0.1) is 0 Å². The maximum absolute atomic E-state index is 12.0. The molecule has 1 saturated heterocycles. The van der Waals surface area contributed by atoms with Crippen LogP contribution in [0.25, 0.3) is 0 Å². The molecular weight excluding hydrogens is 302 g/mol. The van der Waals surface area contributed by atoms with E-state index in [1.165, 1.54) is 4.90 Å². The Morgan fingerprint density at radius 2 is 2.05 bits per heavy atom. The van der Waals surface area contributed by atoms with E-state index < -0.39 is 9.84 Å². The Hall–Kier alpha value is -1.27. The van der Waals surface area contributed by atoms with Gasteiger partial charge in [0.2, 0.25) is 0 Å². The summed E-state index contributed by atoms with van der Waals surface area (Å²) >= 11 is 5.75. The van der Waals surface area contributed by atoms with Crippen LogP contribution in [0.1, 0.15) is 6.42 Å². The molecule has 1 amide bonds. The number of hydrogen-bond acceptors (Lipinski definition) is 4. The first-order valence-electron chi connectivity index (χ1n) is 6.22. The second-order valence-corrected chi connectivity index (χ2v) is 7.47. The Morgan fingerprint density at radius 1 is 1.40 bits per heavy atom. The van der Waals surface area contributed by atoms with Crippen molar-refractivity contribution in [3.05, 3.63) is 29.3 Å². The summed E-state index contributed by atoms with van der Waals surface area (Å²) in [6.07, 6.45) is 0.492. The van der Waals surface area contributed by atoms with Gasteiger partial charge in [-0.05, 0) is 30.7 Å². The van der Waals surface area contributed by atoms with E-state index in [0.29, 0.717) is 17.2 Å². The number of rotatable bonds is 4. The third-order valence-electron chi connectivity index (χ3n) is 3.33. The van der Waals surface area contributed by atoms with Crippen molar-refractivity contribution in [3.8, 4) is 5.75 Å². The fourth-order valence-electron chi connectivity index (χ4n) is 2.06. The Morgan fingerprint density at radius 3 is 2.60 bits per heavy atom. The molecule has 110 valence electrons. The van der Waals surface area contributed by atoms with Crippen LogP contribution >= 0.6 is 11.6 Å². The Kier molecular flexibility index (Phi) is 4.55. The Bertz CT molecular complexity index is 585. The lowest BCUT2D eigenvalue weighted by atomic mass is 10.2. The van der Waals surface area contributed by atoms with Crippen molar-refractivity contribution in [1.29, 1.82) is 0 Å². The van der Waals surface area contributed by atoms with Crippen molar-refractivity contribution in [1.82, 2.24) is 4.90 Å². The zero-order chi connectivity index (χ0) is 14.8. The highest BCUT2D eigenvalue weighted by molar-refractivity contribution is 7.91. The van der Waals surface area contributed by atoms with Gasteiger partial charge >= 0.3 is 0 Å². The largest absolute Gasteiger partial charge is 0.484 e. The smallest absolute Gasteiger partial charge is 0.260 e. The lowest BCUT2D eigenvalue weighted by Crippen LogP contribution is -2.40. The molecule has 0 N–H and O–H groups in total. The topological polar surface area (TPSA) is 63.7 Å². The van der Waals surface area contributed by atoms with Gasteiger partial charge < -0.3 is 9.64 Å². The van der Waals surface area contributed by atoms with Gasteiger partial charge in [0.1, 0.15) is 5.75 Å². The normalized spacial score (nSPS) is 20.6. The zero-order valence-electron chi connectivity index (χ0n) is 11.1. The van der Waals surface area contributed by atoms with E-state index in [1.54, 1.807) is 31.3 Å². The molecule has 0 aromatic heterocycles. The summed E-state index contributed by atoms with van der Waals surface area (Å²) in [5.74, 6) is 0.501. The SMILES string of the molecule is CN(C(=O)COc1ccc(Cl)cc1)[C@H]1CCS(=O)(=O)C1. The van der Waals surface area contributed by atoms with Crippen molar-refractivity contribution >= 4 is 27.3 Å². The molecule has 5 nitrogen and oxygen atoms in total. The molecule has 1 aromatic rings. The van der Waals surface area contributed by atoms with Crippen LogP contribution in [-0.4, -0.2) is 50.4 Å². The standard InChI is InChI=1S/C13H16ClNO4S/c1-15(11-6-7-20(17,18)9-11)13(16)8-19-12-4-2-10(14)3-5-12/h2-5,11H,6-9H2,1H3/t11-/m0/s1. The number of likely N-dealkylation sites (N-methyl/N-ethyl adjacent to an activating group) is 1. The predicted octanol–water partition coefficient (Wildman–Crippen LogP) is 1.36. The fraction of sp³-hybridized carbons (Fsp3) is 0.462. The molecule has 0 bridgehead atoms. The summed E-state index contributed by atoms with van der Waals surface area (Å²) in [6, 6.07) is 6.45. The molecule has 1 fully saturated rings. The highest BCUT2D eigenvalue weighted by Crippen LogP contribution is 2.18. The van der Waals surface area contributed by atoms with E-state index in [-0.39, 0.29) is 30.1 Å². The van der Waals surface area contributed by atoms with Crippen molar-refractivity contribution in [2.75, 3.05) is 25.2 Å². The number of hydrogen-bond donors (Lipinski definition) is 0. The van der Waals surface area contributed by atoms with Crippen LogP contribution in [0.4, 0.5) is 0 Å². The number of benzene rings is 1. The molecule has 7 heteroatoms. The molecule has 0 radical (unpaired) electrons. The van der Waals surface area contributed by atoms with E-state index in [4.69, 9.17) is 16.3 Å². The summed E-state index contributed by atoms with van der Waals surface area (Å²) in [5, 5.41) is 0.594. The van der Waals surface area contributed by atoms with Gasteiger partial charge in [-0.3, -0.25) is 4.79 Å². The van der Waals surface area contributed by atoms with E-state index in [2.05, 4.69) is 0 Å². The number of halogens is 1. The predicted molar refractivity (Wildman–Crippen MR) is 76.8 cm³/mol. The number of carbonyl (C=O) groups excluding carboxylic acids is 1. The minimum atomic E-state index is -3.00. The van der Waals surface area contributed by atoms with Gasteiger partial charge in [-0.2, -0.15) is 0 Å². The molecule has 1 aromatic carbocycles. The first-order chi connectivity index (χ1) is 9.37. The summed E-state index contributed by atoms with van der Waals surface area (Å²) < 4.78 is 28.2. The lowest BCUT2D eigenvalue weighted by Gasteiger charge is -2.23. The molecule has 1 heterocycles. The van der Waals surface area contributed by atoms with Crippen LogP contribution in [0.5, 0.6) is 5.75 Å². The number of carbonyl (C=O) groups is 1. The molecule has 2 rings (SSSR count). The maximum Gasteiger partial charge on any atom is 0.260 e. The molecule has 0 unspecified atom stereocenters. The van der Waals surface area contributed by atoms with E-state index >= 15 is 0 Å². The highest BCUT2D eigenvalue weighted by atomic mass is 35.5. The number of ether oxygens (including phenoxy) is 1. The van der Waals surface area contributed by atoms with Crippen molar-refractivity contribution in [2.45, 2.75) is 12.5 Å². The van der Waals surface area contributed by atoms with E-state index in [9.17, 15) is 13.2 Å². The van der Waals surface area contributed by atoms with Crippen LogP contribution in [0.3, 0.4) is 0 Å². The molecule has 20 heavy (non-hydrogen) atoms. The second-order valence-electron chi connectivity index (χ2n) is 4.80. The zero-order valence-corrected chi connectivity index (χ0v) is 12.7. The first-order valence-corrected chi connectivity index (χ1v) is 8.42. The average Bonchev–Trinajstić information content (AvgIpc) is 2.77. The molecule has 1 aliphatic heterocycles. The van der Waals surface area contributed by atoms with Gasteiger partial charge in [-0.15, -0.1) is 0 Å². The molecule has 0 aliphatic carbocycles. The monoisotopic (exact) mass is 317 g/mol. The third kappa shape index (κ3) is 3.86. The van der Waals surface area contributed by atoms with Gasteiger partial charge in [0, 0.05) is 18.1 Å². The number of nitrogens with zero attached hydrogens (tertiary/aromatic N) is 1. The minimum Gasteiger partial charge on any atom is -0.484 e. The quantitative estimate of drug-likeness (QED) is 0.841. The number of sulfone groups is 1. The van der Waals surface area contributed by atoms with Crippen LogP contribution in [-0.2, 0) is 14.6 Å². The van der Waals surface area contributed by atoms with Gasteiger partial charge in [-0.1, -0.05) is 11.6 Å². The molecule has 1 atom stereocenters. The average molecular weight is 318 g/mol. The van der Waals surface area contributed by atoms with Gasteiger partial charge in [-0.25, -0.2) is 8.42 Å². The second kappa shape index (κ2) is 6.01. The van der Waals surface area contributed by atoms with Crippen LogP contribution in [0.2, 0.25) is 5.02 Å². The summed E-state index contributed by atoms with van der Waals surface area (Å²) in [5.41, 5.74) is 0. The minimum absolute atomic E-state index is 0.0379. The van der Waals surface area contributed by atoms with Crippen LogP contribution in [0.15, 0.2) is 24.3 Å². The summed E-state index contributed by atoms with van der Waals surface area (Å²) in [4.78, 5) is 13.4. The molecule has 0 saturated carbocycles. The van der Waals surface area contributed by atoms with Crippen molar-refractivity contribution in [3.63, 3.8) is 0 Å². The van der Waals surface area contributed by atoms with Crippen molar-refractivity contribution < 1.29 is 17.9 Å². The maximum atomic E-state index is 12.0.